The number of amides is 2. The van der Waals surface area contributed by atoms with Crippen LogP contribution in [0.3, 0.4) is 0 Å². The molecule has 2 heterocycles. The van der Waals surface area contributed by atoms with Crippen LogP contribution in [0.4, 0.5) is 5.82 Å². The van der Waals surface area contributed by atoms with Gasteiger partial charge in [0, 0.05) is 18.7 Å². The van der Waals surface area contributed by atoms with Gasteiger partial charge in [-0.2, -0.15) is 0 Å². The first-order chi connectivity index (χ1) is 9.54. The normalized spacial score (nSPS) is 18.0. The molecule has 0 spiro atoms. The molecule has 1 aromatic heterocycles. The Morgan fingerprint density at radius 2 is 2.30 bits per heavy atom. The van der Waals surface area contributed by atoms with Gasteiger partial charge in [-0.15, -0.1) is 0 Å². The predicted octanol–water partition coefficient (Wildman–Crippen LogP) is 0.396. The van der Waals surface area contributed by atoms with Gasteiger partial charge in [-0.25, -0.2) is 9.78 Å². The number of hydrogen-bond acceptors (Lipinski definition) is 4. The van der Waals surface area contributed by atoms with Crippen LogP contribution in [-0.2, 0) is 14.4 Å². The van der Waals surface area contributed by atoms with Gasteiger partial charge in [-0.3, -0.25) is 9.59 Å². The summed E-state index contributed by atoms with van der Waals surface area (Å²) in [7, 11) is 0. The Kier molecular flexibility index (Phi) is 4.09. The first-order valence-corrected chi connectivity index (χ1v) is 6.02. The third kappa shape index (κ3) is 3.64. The number of anilines is 1. The second-order valence-corrected chi connectivity index (χ2v) is 4.29. The number of pyridine rings is 1. The Morgan fingerprint density at radius 3 is 2.95 bits per heavy atom. The maximum atomic E-state index is 11.9. The smallest absolute Gasteiger partial charge is 0.328 e. The van der Waals surface area contributed by atoms with Gasteiger partial charge in [-0.05, 0) is 30.2 Å². The average Bonchev–Trinajstić information content (AvgIpc) is 2.84. The second kappa shape index (κ2) is 5.96. The van der Waals surface area contributed by atoms with E-state index in [0.29, 0.717) is 24.2 Å². The first kappa shape index (κ1) is 13.7. The fourth-order valence-electron chi connectivity index (χ4n) is 1.81. The van der Waals surface area contributed by atoms with Crippen molar-refractivity contribution in [2.45, 2.75) is 18.9 Å². The SMILES string of the molecule is O=C(O)/C=C/c1ccnc(NC(=O)C2CCC(=O)N2)c1. The van der Waals surface area contributed by atoms with Crippen molar-refractivity contribution in [3.05, 3.63) is 30.0 Å². The topological polar surface area (TPSA) is 108 Å². The molecule has 1 aliphatic heterocycles. The molecule has 0 aromatic carbocycles. The summed E-state index contributed by atoms with van der Waals surface area (Å²) in [5, 5.41) is 13.7. The van der Waals surface area contributed by atoms with Gasteiger partial charge >= 0.3 is 5.97 Å². The van der Waals surface area contributed by atoms with Gasteiger partial charge in [0.15, 0.2) is 0 Å². The van der Waals surface area contributed by atoms with E-state index in [1.807, 2.05) is 0 Å². The summed E-state index contributed by atoms with van der Waals surface area (Å²) in [4.78, 5) is 37.3. The number of nitrogens with zero attached hydrogens (tertiary/aromatic N) is 1. The van der Waals surface area contributed by atoms with Crippen LogP contribution in [0.2, 0.25) is 0 Å². The molecule has 0 aliphatic carbocycles. The zero-order valence-electron chi connectivity index (χ0n) is 10.5. The molecule has 1 unspecified atom stereocenters. The number of aliphatic carboxylic acids is 1. The van der Waals surface area contributed by atoms with Crippen LogP contribution in [0, 0.1) is 0 Å². The van der Waals surface area contributed by atoms with Crippen LogP contribution in [0.15, 0.2) is 24.4 Å². The van der Waals surface area contributed by atoms with E-state index in [-0.39, 0.29) is 11.8 Å². The van der Waals surface area contributed by atoms with Crippen molar-refractivity contribution in [3.8, 4) is 0 Å². The maximum Gasteiger partial charge on any atom is 0.328 e. The maximum absolute atomic E-state index is 11.9. The van der Waals surface area contributed by atoms with E-state index in [4.69, 9.17) is 5.11 Å². The number of carbonyl (C=O) groups is 3. The molecule has 2 rings (SSSR count). The van der Waals surface area contributed by atoms with E-state index >= 15 is 0 Å². The van der Waals surface area contributed by atoms with Gasteiger partial charge in [0.25, 0.3) is 0 Å². The van der Waals surface area contributed by atoms with Crippen molar-refractivity contribution in [3.63, 3.8) is 0 Å². The summed E-state index contributed by atoms with van der Waals surface area (Å²) in [6, 6.07) is 2.63. The highest BCUT2D eigenvalue weighted by atomic mass is 16.4. The summed E-state index contributed by atoms with van der Waals surface area (Å²) in [5.41, 5.74) is 0.605. The van der Waals surface area contributed by atoms with Crippen LogP contribution >= 0.6 is 0 Å². The van der Waals surface area contributed by atoms with Gasteiger partial charge in [0.05, 0.1) is 0 Å². The fourth-order valence-corrected chi connectivity index (χ4v) is 1.81. The van der Waals surface area contributed by atoms with Crippen molar-refractivity contribution < 1.29 is 19.5 Å². The number of carbonyl (C=O) groups excluding carboxylic acids is 2. The van der Waals surface area contributed by atoms with E-state index in [1.165, 1.54) is 12.3 Å². The monoisotopic (exact) mass is 275 g/mol. The Labute approximate surface area is 114 Å². The second-order valence-electron chi connectivity index (χ2n) is 4.29. The number of aromatic nitrogens is 1. The van der Waals surface area contributed by atoms with Gasteiger partial charge in [-0.1, -0.05) is 0 Å². The summed E-state index contributed by atoms with van der Waals surface area (Å²) in [6.07, 6.45) is 4.66. The predicted molar refractivity (Wildman–Crippen MR) is 70.7 cm³/mol. The van der Waals surface area contributed by atoms with Gasteiger partial charge in [0.2, 0.25) is 11.8 Å². The Bertz CT molecular complexity index is 583. The van der Waals surface area contributed by atoms with E-state index in [0.717, 1.165) is 6.08 Å². The zero-order valence-corrected chi connectivity index (χ0v) is 10.5. The number of hydrogen-bond donors (Lipinski definition) is 3. The minimum atomic E-state index is -1.05. The number of carboxylic acid groups (broad SMARTS) is 1. The third-order valence-corrected chi connectivity index (χ3v) is 2.77. The molecule has 0 bridgehead atoms. The molecular formula is C13H13N3O4. The first-order valence-electron chi connectivity index (χ1n) is 6.02. The van der Waals surface area contributed by atoms with Crippen LogP contribution in [0.25, 0.3) is 6.08 Å². The molecule has 1 aliphatic rings. The standard InChI is InChI=1S/C13H13N3O4/c17-11-3-2-9(15-11)13(20)16-10-7-8(5-6-14-10)1-4-12(18)19/h1,4-7,9H,2-3H2,(H,15,17)(H,18,19)(H,14,16,20)/b4-1+. The number of nitrogens with one attached hydrogen (secondary N) is 2. The van der Waals surface area contributed by atoms with Crippen molar-refractivity contribution in [1.82, 2.24) is 10.3 Å². The van der Waals surface area contributed by atoms with Crippen LogP contribution in [-0.4, -0.2) is 33.9 Å². The lowest BCUT2D eigenvalue weighted by molar-refractivity contribution is -0.131. The molecule has 20 heavy (non-hydrogen) atoms. The molecule has 1 aromatic rings. The fraction of sp³-hybridized carbons (Fsp3) is 0.231. The lowest BCUT2D eigenvalue weighted by Gasteiger charge is -2.10. The van der Waals surface area contributed by atoms with Crippen LogP contribution < -0.4 is 10.6 Å². The highest BCUT2D eigenvalue weighted by Crippen LogP contribution is 2.12. The summed E-state index contributed by atoms with van der Waals surface area (Å²) in [5.74, 6) is -1.22. The Balaban J connectivity index is 2.02. The molecule has 7 heteroatoms. The summed E-state index contributed by atoms with van der Waals surface area (Å²) in [6.45, 7) is 0. The zero-order chi connectivity index (χ0) is 14.5. The molecule has 0 saturated carbocycles. The minimum Gasteiger partial charge on any atom is -0.478 e. The highest BCUT2D eigenvalue weighted by Gasteiger charge is 2.27. The number of carboxylic acids is 1. The van der Waals surface area contributed by atoms with Crippen LogP contribution in [0.1, 0.15) is 18.4 Å². The van der Waals surface area contributed by atoms with E-state index < -0.39 is 12.0 Å². The molecule has 104 valence electrons. The van der Waals surface area contributed by atoms with E-state index in [1.54, 1.807) is 12.1 Å². The van der Waals surface area contributed by atoms with Crippen molar-refractivity contribution in [1.29, 1.82) is 0 Å². The Morgan fingerprint density at radius 1 is 1.50 bits per heavy atom. The molecule has 7 nitrogen and oxygen atoms in total. The lowest BCUT2D eigenvalue weighted by Crippen LogP contribution is -2.37. The molecular weight excluding hydrogens is 262 g/mol. The molecule has 3 N–H and O–H groups in total. The van der Waals surface area contributed by atoms with Gasteiger partial charge in [0.1, 0.15) is 11.9 Å². The molecule has 0 radical (unpaired) electrons. The molecule has 2 amide bonds. The summed E-state index contributed by atoms with van der Waals surface area (Å²) < 4.78 is 0. The van der Waals surface area contributed by atoms with E-state index in [2.05, 4.69) is 15.6 Å². The molecule has 1 fully saturated rings. The van der Waals surface area contributed by atoms with Crippen LogP contribution in [0.5, 0.6) is 0 Å². The van der Waals surface area contributed by atoms with E-state index in [9.17, 15) is 14.4 Å². The third-order valence-electron chi connectivity index (χ3n) is 2.77. The molecule has 1 saturated heterocycles. The highest BCUT2D eigenvalue weighted by molar-refractivity contribution is 5.98. The summed E-state index contributed by atoms with van der Waals surface area (Å²) >= 11 is 0. The van der Waals surface area contributed by atoms with Crippen molar-refractivity contribution in [2.24, 2.45) is 0 Å². The lowest BCUT2D eigenvalue weighted by atomic mass is 10.2. The largest absolute Gasteiger partial charge is 0.478 e. The Hall–Kier alpha value is -2.70. The molecule has 1 atom stereocenters. The van der Waals surface area contributed by atoms with Crippen molar-refractivity contribution in [2.75, 3.05) is 5.32 Å². The van der Waals surface area contributed by atoms with Gasteiger partial charge < -0.3 is 15.7 Å². The number of rotatable bonds is 4. The average molecular weight is 275 g/mol. The quantitative estimate of drug-likeness (QED) is 0.689. The van der Waals surface area contributed by atoms with Crippen molar-refractivity contribution >= 4 is 29.7 Å². The minimum absolute atomic E-state index is 0.142.